The zero-order valence-corrected chi connectivity index (χ0v) is 19.2. The predicted molar refractivity (Wildman–Crippen MR) is 116 cm³/mol. The van der Waals surface area contributed by atoms with Gasteiger partial charge in [-0.25, -0.2) is 13.4 Å². The first-order chi connectivity index (χ1) is 13.7. The zero-order valence-electron chi connectivity index (χ0n) is 17.5. The normalized spacial score (nSPS) is 18.4. The van der Waals surface area contributed by atoms with Gasteiger partial charge in [0.05, 0.1) is 12.8 Å². The first kappa shape index (κ1) is 20.4. The van der Waals surface area contributed by atoms with E-state index >= 15 is 0 Å². The molecule has 6 nitrogen and oxygen atoms in total. The molecule has 4 rings (SSSR count). The number of thiazole rings is 1. The Morgan fingerprint density at radius 3 is 2.69 bits per heavy atom. The van der Waals surface area contributed by atoms with Crippen molar-refractivity contribution in [1.82, 2.24) is 13.7 Å². The fourth-order valence-corrected chi connectivity index (χ4v) is 7.15. The Bertz CT molecular complexity index is 1180. The summed E-state index contributed by atoms with van der Waals surface area (Å²) in [5.41, 5.74) is 3.14. The minimum absolute atomic E-state index is 0.0930. The van der Waals surface area contributed by atoms with Gasteiger partial charge in [-0.2, -0.15) is 4.31 Å². The van der Waals surface area contributed by atoms with Crippen LogP contribution >= 0.6 is 11.3 Å². The average molecular weight is 434 g/mol. The number of benzene rings is 1. The predicted octanol–water partition coefficient (Wildman–Crippen LogP) is 4.21. The molecule has 0 aliphatic carbocycles. The minimum Gasteiger partial charge on any atom is -0.495 e. The Labute approximate surface area is 176 Å². The molecule has 156 valence electrons. The summed E-state index contributed by atoms with van der Waals surface area (Å²) < 4.78 is 36.0. The molecular formula is C21H27N3O3S2. The van der Waals surface area contributed by atoms with Crippen LogP contribution in [0.3, 0.4) is 0 Å². The van der Waals surface area contributed by atoms with E-state index < -0.39 is 10.0 Å². The van der Waals surface area contributed by atoms with Crippen LogP contribution < -0.4 is 4.74 Å². The number of rotatable bonds is 4. The van der Waals surface area contributed by atoms with Crippen LogP contribution in [-0.4, -0.2) is 42.3 Å². The van der Waals surface area contributed by atoms with E-state index in [0.717, 1.165) is 34.8 Å². The van der Waals surface area contributed by atoms with Gasteiger partial charge in [-0.15, -0.1) is 11.3 Å². The van der Waals surface area contributed by atoms with E-state index in [-0.39, 0.29) is 10.8 Å². The van der Waals surface area contributed by atoms with Gasteiger partial charge in [0.1, 0.15) is 21.3 Å². The molecule has 0 saturated carbocycles. The molecule has 1 atom stereocenters. The van der Waals surface area contributed by atoms with Crippen molar-refractivity contribution < 1.29 is 13.2 Å². The molecule has 3 heterocycles. The third-order valence-corrected chi connectivity index (χ3v) is 8.90. The lowest BCUT2D eigenvalue weighted by molar-refractivity contribution is 0.312. The number of hydrogen-bond acceptors (Lipinski definition) is 5. The van der Waals surface area contributed by atoms with Gasteiger partial charge in [-0.1, -0.05) is 6.07 Å². The van der Waals surface area contributed by atoms with Crippen LogP contribution in [0.25, 0.3) is 4.83 Å². The largest absolute Gasteiger partial charge is 0.495 e. The zero-order chi connectivity index (χ0) is 20.9. The lowest BCUT2D eigenvalue weighted by atomic mass is 9.97. The molecular weight excluding hydrogens is 406 g/mol. The van der Waals surface area contributed by atoms with Crippen molar-refractivity contribution in [3.63, 3.8) is 0 Å². The summed E-state index contributed by atoms with van der Waals surface area (Å²) in [5.74, 6) is 1.45. The lowest BCUT2D eigenvalue weighted by Crippen LogP contribution is -2.39. The number of methoxy groups -OCH3 is 1. The van der Waals surface area contributed by atoms with Gasteiger partial charge in [-0.3, -0.25) is 4.40 Å². The topological polar surface area (TPSA) is 63.9 Å². The summed E-state index contributed by atoms with van der Waals surface area (Å²) in [5, 5.41) is 0. The number of sulfonamides is 1. The van der Waals surface area contributed by atoms with Crippen LogP contribution in [-0.2, 0) is 10.0 Å². The third-order valence-electron chi connectivity index (χ3n) is 5.83. The maximum absolute atomic E-state index is 13.4. The van der Waals surface area contributed by atoms with E-state index in [4.69, 9.17) is 9.72 Å². The van der Waals surface area contributed by atoms with Crippen LogP contribution in [0, 0.1) is 27.7 Å². The van der Waals surface area contributed by atoms with Gasteiger partial charge in [-0.05, 0) is 58.2 Å². The van der Waals surface area contributed by atoms with E-state index in [0.29, 0.717) is 18.8 Å². The summed E-state index contributed by atoms with van der Waals surface area (Å²) in [6.07, 6.45) is 1.76. The summed E-state index contributed by atoms with van der Waals surface area (Å²) >= 11 is 1.75. The van der Waals surface area contributed by atoms with Crippen LogP contribution in [0.2, 0.25) is 0 Å². The van der Waals surface area contributed by atoms with Crippen molar-refractivity contribution in [2.45, 2.75) is 51.3 Å². The van der Waals surface area contributed by atoms with Crippen molar-refractivity contribution in [1.29, 1.82) is 0 Å². The van der Waals surface area contributed by atoms with E-state index in [1.807, 2.05) is 19.9 Å². The van der Waals surface area contributed by atoms with E-state index in [2.05, 4.69) is 18.2 Å². The summed E-state index contributed by atoms with van der Waals surface area (Å²) in [7, 11) is -2.13. The number of piperidine rings is 1. The number of imidazole rings is 1. The molecule has 3 aromatic rings. The first-order valence-corrected chi connectivity index (χ1v) is 12.1. The number of aromatic nitrogens is 2. The molecule has 8 heteroatoms. The minimum atomic E-state index is -3.64. The fraction of sp³-hybridized carbons (Fsp3) is 0.476. The van der Waals surface area contributed by atoms with Gasteiger partial charge in [0.2, 0.25) is 10.0 Å². The number of aryl methyl sites for hydroxylation is 4. The van der Waals surface area contributed by atoms with Crippen molar-refractivity contribution in [3.05, 3.63) is 45.9 Å². The summed E-state index contributed by atoms with van der Waals surface area (Å²) in [4.78, 5) is 7.51. The Kier molecular flexibility index (Phi) is 5.21. The maximum Gasteiger partial charge on any atom is 0.246 e. The molecule has 2 aromatic heterocycles. The monoisotopic (exact) mass is 433 g/mol. The van der Waals surface area contributed by atoms with Crippen LogP contribution in [0.1, 0.15) is 46.4 Å². The summed E-state index contributed by atoms with van der Waals surface area (Å²) in [6.45, 7) is 9.11. The highest BCUT2D eigenvalue weighted by atomic mass is 32.2. The van der Waals surface area contributed by atoms with Crippen LogP contribution in [0.5, 0.6) is 5.75 Å². The van der Waals surface area contributed by atoms with Gasteiger partial charge in [0.25, 0.3) is 0 Å². The Morgan fingerprint density at radius 1 is 1.21 bits per heavy atom. The molecule has 1 aliphatic heterocycles. The molecule has 1 fully saturated rings. The highest BCUT2D eigenvalue weighted by molar-refractivity contribution is 7.89. The van der Waals surface area contributed by atoms with Gasteiger partial charge >= 0.3 is 0 Å². The molecule has 0 radical (unpaired) electrons. The van der Waals surface area contributed by atoms with Crippen LogP contribution in [0.15, 0.2) is 23.1 Å². The van der Waals surface area contributed by atoms with E-state index in [9.17, 15) is 8.42 Å². The highest BCUT2D eigenvalue weighted by Gasteiger charge is 2.35. The van der Waals surface area contributed by atoms with Crippen molar-refractivity contribution in [3.8, 4) is 5.75 Å². The quantitative estimate of drug-likeness (QED) is 0.618. The molecule has 1 saturated heterocycles. The second-order valence-corrected chi connectivity index (χ2v) is 10.9. The number of hydrogen-bond donors (Lipinski definition) is 0. The van der Waals surface area contributed by atoms with Crippen molar-refractivity contribution >= 4 is 26.2 Å². The molecule has 29 heavy (non-hydrogen) atoms. The fourth-order valence-electron chi connectivity index (χ4n) is 4.18. The second kappa shape index (κ2) is 7.41. The van der Waals surface area contributed by atoms with Crippen molar-refractivity contribution in [2.75, 3.05) is 20.2 Å². The molecule has 1 aliphatic rings. The van der Waals surface area contributed by atoms with Gasteiger partial charge in [0.15, 0.2) is 0 Å². The number of nitrogens with zero attached hydrogens (tertiary/aromatic N) is 3. The lowest BCUT2D eigenvalue weighted by Gasteiger charge is -2.31. The van der Waals surface area contributed by atoms with Crippen LogP contribution in [0.4, 0.5) is 0 Å². The molecule has 1 unspecified atom stereocenters. The Hall–Kier alpha value is -1.90. The van der Waals surface area contributed by atoms with Gasteiger partial charge < -0.3 is 4.74 Å². The summed E-state index contributed by atoms with van der Waals surface area (Å²) in [6, 6.07) is 5.29. The maximum atomic E-state index is 13.4. The molecule has 0 N–H and O–H groups in total. The second-order valence-electron chi connectivity index (χ2n) is 7.78. The molecule has 1 aromatic carbocycles. The Morgan fingerprint density at radius 2 is 1.97 bits per heavy atom. The Balaban J connectivity index is 1.71. The first-order valence-electron chi connectivity index (χ1n) is 9.83. The average Bonchev–Trinajstić information content (AvgIpc) is 3.18. The number of ether oxygens (including phenoxy) is 1. The molecule has 0 amide bonds. The number of fused-ring (bicyclic) bond motifs is 1. The van der Waals surface area contributed by atoms with E-state index in [1.165, 1.54) is 17.7 Å². The molecule has 0 spiro atoms. The van der Waals surface area contributed by atoms with E-state index in [1.54, 1.807) is 27.8 Å². The smallest absolute Gasteiger partial charge is 0.246 e. The SMILES string of the molecule is COc1ccc(C)cc1S(=O)(=O)N1CCCC(c2nc(C)n3c(C)c(C)sc23)C1. The standard InChI is InChI=1S/C21H27N3O3S2/c1-13-8-9-18(27-5)19(11-13)29(25,26)23-10-6-7-17(12-23)20-21-24(16(4)22-20)14(2)15(3)28-21/h8-9,11,17H,6-7,10,12H2,1-5H3. The highest BCUT2D eigenvalue weighted by Crippen LogP contribution is 2.37. The van der Waals surface area contributed by atoms with Crippen molar-refractivity contribution in [2.24, 2.45) is 0 Å². The third kappa shape index (κ3) is 3.37. The molecule has 0 bridgehead atoms. The van der Waals surface area contributed by atoms with Gasteiger partial charge in [0, 0.05) is 29.6 Å².